The zero-order chi connectivity index (χ0) is 9.64. The molecule has 84 valence electrons. The Morgan fingerprint density at radius 3 is 2.27 bits per heavy atom. The lowest BCUT2D eigenvalue weighted by Crippen LogP contribution is -2.31. The Bertz CT molecular complexity index is 254. The van der Waals surface area contributed by atoms with Gasteiger partial charge in [-0.2, -0.15) is 0 Å². The summed E-state index contributed by atoms with van der Waals surface area (Å²) in [7, 11) is 0. The predicted octanol–water partition coefficient (Wildman–Crippen LogP) is 3.33. The number of likely N-dealkylation sites (tertiary alicyclic amines) is 1. The molecule has 0 unspecified atom stereocenters. The van der Waals surface area contributed by atoms with Gasteiger partial charge < -0.3 is 4.90 Å². The Labute approximate surface area is 110 Å². The van der Waals surface area contributed by atoms with Crippen LogP contribution < -0.4 is 0 Å². The summed E-state index contributed by atoms with van der Waals surface area (Å²) in [5, 5.41) is 0. The van der Waals surface area contributed by atoms with Crippen molar-refractivity contribution in [1.29, 1.82) is 0 Å². The summed E-state index contributed by atoms with van der Waals surface area (Å²) in [6.45, 7) is 3.86. The molecule has 1 nitrogen and oxygen atoms in total. The zero-order valence-corrected chi connectivity index (χ0v) is 11.5. The van der Waals surface area contributed by atoms with E-state index < -0.39 is 0 Å². The second kappa shape index (κ2) is 7.23. The molecule has 15 heavy (non-hydrogen) atoms. The third-order valence-corrected chi connectivity index (χ3v) is 3.01. The fourth-order valence-corrected chi connectivity index (χ4v) is 2.11. The fourth-order valence-electron chi connectivity index (χ4n) is 2.11. The van der Waals surface area contributed by atoms with E-state index in [-0.39, 0.29) is 24.0 Å². The zero-order valence-electron chi connectivity index (χ0n) is 9.19. The smallest absolute Gasteiger partial charge is 0.00218 e. The molecule has 0 spiro atoms. The molecule has 1 saturated heterocycles. The van der Waals surface area contributed by atoms with Crippen LogP contribution in [0.5, 0.6) is 0 Å². The molecule has 0 saturated carbocycles. The van der Waals surface area contributed by atoms with Crippen molar-refractivity contribution in [3.05, 3.63) is 35.9 Å². The average molecular weight is 317 g/mol. The van der Waals surface area contributed by atoms with E-state index in [1.165, 1.54) is 50.9 Å². The van der Waals surface area contributed by atoms with Crippen molar-refractivity contribution < 1.29 is 0 Å². The molecular formula is C13H20IN. The SMILES string of the molecule is I.c1ccc(CCN2CCCCC2)cc1. The van der Waals surface area contributed by atoms with Gasteiger partial charge >= 0.3 is 0 Å². The largest absolute Gasteiger partial charge is 0.303 e. The van der Waals surface area contributed by atoms with E-state index in [9.17, 15) is 0 Å². The van der Waals surface area contributed by atoms with Gasteiger partial charge in [-0.15, -0.1) is 24.0 Å². The monoisotopic (exact) mass is 317 g/mol. The molecule has 0 N–H and O–H groups in total. The molecule has 0 aromatic heterocycles. The molecule has 2 rings (SSSR count). The van der Waals surface area contributed by atoms with E-state index in [0.717, 1.165) is 0 Å². The van der Waals surface area contributed by atoms with Crippen molar-refractivity contribution in [3.8, 4) is 0 Å². The van der Waals surface area contributed by atoms with E-state index in [4.69, 9.17) is 0 Å². The Balaban J connectivity index is 0.00000112. The molecule has 0 atom stereocenters. The highest BCUT2D eigenvalue weighted by Crippen LogP contribution is 2.09. The fraction of sp³-hybridized carbons (Fsp3) is 0.538. The van der Waals surface area contributed by atoms with Gasteiger partial charge in [0.1, 0.15) is 0 Å². The first kappa shape index (κ1) is 13.0. The Morgan fingerprint density at radius 1 is 0.933 bits per heavy atom. The summed E-state index contributed by atoms with van der Waals surface area (Å²) >= 11 is 0. The Kier molecular flexibility index (Phi) is 6.25. The van der Waals surface area contributed by atoms with Crippen molar-refractivity contribution in [3.63, 3.8) is 0 Å². The van der Waals surface area contributed by atoms with E-state index in [0.29, 0.717) is 0 Å². The Morgan fingerprint density at radius 2 is 1.60 bits per heavy atom. The molecule has 1 heterocycles. The maximum absolute atomic E-state index is 2.59. The molecule has 1 fully saturated rings. The van der Waals surface area contributed by atoms with Crippen LogP contribution in [-0.2, 0) is 6.42 Å². The van der Waals surface area contributed by atoms with Crippen molar-refractivity contribution in [2.24, 2.45) is 0 Å². The van der Waals surface area contributed by atoms with Gasteiger partial charge in [0.05, 0.1) is 0 Å². The summed E-state index contributed by atoms with van der Waals surface area (Å²) in [6.07, 6.45) is 5.44. The minimum Gasteiger partial charge on any atom is -0.303 e. The van der Waals surface area contributed by atoms with Crippen LogP contribution >= 0.6 is 24.0 Å². The number of rotatable bonds is 3. The first-order chi connectivity index (χ1) is 6.95. The molecule has 1 aliphatic heterocycles. The van der Waals surface area contributed by atoms with Gasteiger partial charge in [-0.05, 0) is 37.9 Å². The standard InChI is InChI=1S/C13H19N.HI/c1-3-7-13(8-4-1)9-12-14-10-5-2-6-11-14;/h1,3-4,7-8H,2,5-6,9-12H2;1H. The van der Waals surface area contributed by atoms with Crippen molar-refractivity contribution in [2.75, 3.05) is 19.6 Å². The maximum Gasteiger partial charge on any atom is 0.00218 e. The first-order valence-electron chi connectivity index (χ1n) is 5.71. The topological polar surface area (TPSA) is 3.24 Å². The van der Waals surface area contributed by atoms with Gasteiger partial charge in [0.15, 0.2) is 0 Å². The van der Waals surface area contributed by atoms with Gasteiger partial charge in [0.25, 0.3) is 0 Å². The molecule has 2 heteroatoms. The average Bonchev–Trinajstić information content (AvgIpc) is 2.29. The minimum atomic E-state index is 0. The van der Waals surface area contributed by atoms with Crippen LogP contribution in [0.1, 0.15) is 24.8 Å². The first-order valence-corrected chi connectivity index (χ1v) is 5.71. The molecule has 1 aromatic rings. The summed E-state index contributed by atoms with van der Waals surface area (Å²) in [4.78, 5) is 2.59. The van der Waals surface area contributed by atoms with Crippen LogP contribution in [0.25, 0.3) is 0 Å². The van der Waals surface area contributed by atoms with Gasteiger partial charge in [0, 0.05) is 6.54 Å². The predicted molar refractivity (Wildman–Crippen MR) is 75.9 cm³/mol. The van der Waals surface area contributed by atoms with Crippen molar-refractivity contribution in [1.82, 2.24) is 4.90 Å². The molecular weight excluding hydrogens is 297 g/mol. The third kappa shape index (κ3) is 4.51. The molecule has 1 aliphatic rings. The summed E-state index contributed by atoms with van der Waals surface area (Å²) < 4.78 is 0. The highest BCUT2D eigenvalue weighted by atomic mass is 127. The van der Waals surface area contributed by atoms with Crippen LogP contribution in [0.15, 0.2) is 30.3 Å². The number of hydrogen-bond acceptors (Lipinski definition) is 1. The Hall–Kier alpha value is -0.0900. The second-order valence-electron chi connectivity index (χ2n) is 4.14. The minimum absolute atomic E-state index is 0. The van der Waals surface area contributed by atoms with E-state index in [1.807, 2.05) is 0 Å². The van der Waals surface area contributed by atoms with Gasteiger partial charge in [-0.25, -0.2) is 0 Å². The van der Waals surface area contributed by atoms with Crippen molar-refractivity contribution >= 4 is 24.0 Å². The highest BCUT2D eigenvalue weighted by molar-refractivity contribution is 14.0. The number of hydrogen-bond donors (Lipinski definition) is 0. The van der Waals surface area contributed by atoms with Crippen molar-refractivity contribution in [2.45, 2.75) is 25.7 Å². The van der Waals surface area contributed by atoms with E-state index >= 15 is 0 Å². The van der Waals surface area contributed by atoms with Crippen LogP contribution in [0, 0.1) is 0 Å². The molecule has 0 bridgehead atoms. The number of piperidine rings is 1. The lowest BCUT2D eigenvalue weighted by molar-refractivity contribution is 0.231. The maximum atomic E-state index is 2.59. The van der Waals surface area contributed by atoms with Gasteiger partial charge in [-0.1, -0.05) is 36.8 Å². The quantitative estimate of drug-likeness (QED) is 0.773. The normalized spacial score (nSPS) is 17.1. The van der Waals surface area contributed by atoms with E-state index in [2.05, 4.69) is 35.2 Å². The van der Waals surface area contributed by atoms with Gasteiger partial charge in [-0.3, -0.25) is 0 Å². The lowest BCUT2D eigenvalue weighted by atomic mass is 10.1. The van der Waals surface area contributed by atoms with Crippen LogP contribution in [0.2, 0.25) is 0 Å². The number of benzene rings is 1. The number of nitrogens with zero attached hydrogens (tertiary/aromatic N) is 1. The van der Waals surface area contributed by atoms with E-state index in [1.54, 1.807) is 0 Å². The van der Waals surface area contributed by atoms with Crippen LogP contribution in [0.4, 0.5) is 0 Å². The van der Waals surface area contributed by atoms with Gasteiger partial charge in [0.2, 0.25) is 0 Å². The summed E-state index contributed by atoms with van der Waals surface area (Å²) in [5.41, 5.74) is 1.47. The number of halogens is 1. The molecule has 1 aromatic carbocycles. The summed E-state index contributed by atoms with van der Waals surface area (Å²) in [5.74, 6) is 0. The summed E-state index contributed by atoms with van der Waals surface area (Å²) in [6, 6.07) is 10.8. The lowest BCUT2D eigenvalue weighted by Gasteiger charge is -2.26. The van der Waals surface area contributed by atoms with Crippen LogP contribution in [0.3, 0.4) is 0 Å². The highest BCUT2D eigenvalue weighted by Gasteiger charge is 2.08. The molecule has 0 radical (unpaired) electrons. The van der Waals surface area contributed by atoms with Crippen LogP contribution in [-0.4, -0.2) is 24.5 Å². The molecule has 0 amide bonds. The second-order valence-corrected chi connectivity index (χ2v) is 4.14. The third-order valence-electron chi connectivity index (χ3n) is 3.01. The molecule has 0 aliphatic carbocycles.